The highest BCUT2D eigenvalue weighted by molar-refractivity contribution is 5.84. The van der Waals surface area contributed by atoms with E-state index in [9.17, 15) is 9.59 Å². The fourth-order valence-corrected chi connectivity index (χ4v) is 1.69. The second-order valence-electron chi connectivity index (χ2n) is 4.47. The van der Waals surface area contributed by atoms with Crippen LogP contribution >= 0.6 is 0 Å². The highest BCUT2D eigenvalue weighted by atomic mass is 16.4. The van der Waals surface area contributed by atoms with Gasteiger partial charge in [0.1, 0.15) is 0 Å². The lowest BCUT2D eigenvalue weighted by atomic mass is 10.1. The van der Waals surface area contributed by atoms with Gasteiger partial charge in [0.05, 0.1) is 12.7 Å². The third-order valence-electron chi connectivity index (χ3n) is 2.78. The molecule has 0 saturated carbocycles. The Hall–Kier alpha value is -1.96. The van der Waals surface area contributed by atoms with Crippen LogP contribution in [0.25, 0.3) is 0 Å². The third-order valence-corrected chi connectivity index (χ3v) is 2.78. The maximum atomic E-state index is 11.5. The molecule has 4 N–H and O–H groups in total. The highest BCUT2D eigenvalue weighted by Gasteiger charge is 2.08. The van der Waals surface area contributed by atoms with Crippen LogP contribution in [-0.2, 0) is 11.3 Å². The molecular formula is C12H21N5O3. The number of aromatic carboxylic acids is 1. The van der Waals surface area contributed by atoms with Crippen molar-refractivity contribution >= 4 is 11.9 Å². The van der Waals surface area contributed by atoms with Gasteiger partial charge in [-0.05, 0) is 19.4 Å². The molecule has 0 aliphatic rings. The Morgan fingerprint density at radius 3 is 2.70 bits per heavy atom. The summed E-state index contributed by atoms with van der Waals surface area (Å²) in [5.41, 5.74) is 5.28. The number of carboxylic acid groups (broad SMARTS) is 1. The Bertz CT molecular complexity index is 432. The molecule has 1 heterocycles. The quantitative estimate of drug-likeness (QED) is 0.519. The van der Waals surface area contributed by atoms with Gasteiger partial charge in [-0.25, -0.2) is 9.48 Å². The largest absolute Gasteiger partial charge is 0.476 e. The zero-order valence-electron chi connectivity index (χ0n) is 11.4. The number of unbranched alkanes of at least 4 members (excludes halogenated alkanes) is 3. The van der Waals surface area contributed by atoms with Crippen LogP contribution in [0.3, 0.4) is 0 Å². The van der Waals surface area contributed by atoms with Crippen molar-refractivity contribution in [2.45, 2.75) is 38.6 Å². The van der Waals surface area contributed by atoms with Gasteiger partial charge in [0, 0.05) is 13.0 Å². The molecule has 1 rings (SSSR count). The van der Waals surface area contributed by atoms with Crippen molar-refractivity contribution in [2.24, 2.45) is 5.73 Å². The Kier molecular flexibility index (Phi) is 7.26. The van der Waals surface area contributed by atoms with E-state index in [2.05, 4.69) is 15.6 Å². The topological polar surface area (TPSA) is 123 Å². The van der Waals surface area contributed by atoms with Crippen molar-refractivity contribution in [2.75, 3.05) is 13.1 Å². The van der Waals surface area contributed by atoms with E-state index in [-0.39, 0.29) is 11.6 Å². The van der Waals surface area contributed by atoms with E-state index in [1.807, 2.05) is 0 Å². The number of aromatic nitrogens is 3. The number of hydrogen-bond donors (Lipinski definition) is 3. The van der Waals surface area contributed by atoms with E-state index >= 15 is 0 Å². The normalized spacial score (nSPS) is 10.4. The molecule has 20 heavy (non-hydrogen) atoms. The van der Waals surface area contributed by atoms with E-state index in [1.165, 1.54) is 10.9 Å². The summed E-state index contributed by atoms with van der Waals surface area (Å²) in [6.07, 6.45) is 5.76. The summed E-state index contributed by atoms with van der Waals surface area (Å²) in [5, 5.41) is 18.6. The van der Waals surface area contributed by atoms with E-state index in [0.29, 0.717) is 26.1 Å². The van der Waals surface area contributed by atoms with Crippen molar-refractivity contribution in [3.05, 3.63) is 11.9 Å². The van der Waals surface area contributed by atoms with Crippen LogP contribution < -0.4 is 11.1 Å². The van der Waals surface area contributed by atoms with Crippen molar-refractivity contribution in [3.63, 3.8) is 0 Å². The van der Waals surface area contributed by atoms with Crippen molar-refractivity contribution < 1.29 is 14.7 Å². The lowest BCUT2D eigenvalue weighted by molar-refractivity contribution is -0.121. The van der Waals surface area contributed by atoms with Crippen molar-refractivity contribution in [1.29, 1.82) is 0 Å². The summed E-state index contributed by atoms with van der Waals surface area (Å²) in [4.78, 5) is 22.1. The fraction of sp³-hybridized carbons (Fsp3) is 0.667. The number of hydrogen-bond acceptors (Lipinski definition) is 5. The summed E-state index contributed by atoms with van der Waals surface area (Å²) in [6.45, 7) is 1.51. The predicted molar refractivity (Wildman–Crippen MR) is 72.1 cm³/mol. The highest BCUT2D eigenvalue weighted by Crippen LogP contribution is 2.01. The Morgan fingerprint density at radius 2 is 2.05 bits per heavy atom. The van der Waals surface area contributed by atoms with Crippen LogP contribution in [0.5, 0.6) is 0 Å². The molecule has 8 nitrogen and oxygen atoms in total. The number of rotatable bonds is 10. The molecule has 0 radical (unpaired) electrons. The van der Waals surface area contributed by atoms with Crippen LogP contribution in [0.15, 0.2) is 6.20 Å². The molecule has 0 atom stereocenters. The van der Waals surface area contributed by atoms with Crippen LogP contribution in [0.1, 0.15) is 42.6 Å². The molecule has 0 unspecified atom stereocenters. The van der Waals surface area contributed by atoms with Crippen LogP contribution in [0.2, 0.25) is 0 Å². The number of nitrogens with two attached hydrogens (primary N) is 1. The molecule has 0 spiro atoms. The summed E-state index contributed by atoms with van der Waals surface area (Å²) >= 11 is 0. The summed E-state index contributed by atoms with van der Waals surface area (Å²) in [6, 6.07) is 0. The Labute approximate surface area is 117 Å². The molecular weight excluding hydrogens is 262 g/mol. The zero-order chi connectivity index (χ0) is 14.8. The van der Waals surface area contributed by atoms with Gasteiger partial charge in [-0.2, -0.15) is 0 Å². The maximum Gasteiger partial charge on any atom is 0.358 e. The standard InChI is InChI=1S/C12H21N5O3/c13-6-4-2-1-3-5-11(18)14-7-8-17-9-10(12(19)20)15-16-17/h9H,1-8,13H2,(H,14,18)(H,19,20). The van der Waals surface area contributed by atoms with E-state index < -0.39 is 5.97 Å². The van der Waals surface area contributed by atoms with Crippen LogP contribution in [0.4, 0.5) is 0 Å². The SMILES string of the molecule is NCCCCCCC(=O)NCCn1cc(C(=O)O)nn1. The van der Waals surface area contributed by atoms with E-state index in [1.54, 1.807) is 0 Å². The number of carbonyl (C=O) groups is 2. The molecule has 1 amide bonds. The summed E-state index contributed by atoms with van der Waals surface area (Å²) in [7, 11) is 0. The molecule has 1 aromatic heterocycles. The van der Waals surface area contributed by atoms with Gasteiger partial charge in [0.25, 0.3) is 0 Å². The molecule has 0 saturated heterocycles. The van der Waals surface area contributed by atoms with Gasteiger partial charge < -0.3 is 16.2 Å². The van der Waals surface area contributed by atoms with Gasteiger partial charge in [-0.1, -0.05) is 18.1 Å². The van der Waals surface area contributed by atoms with Crippen molar-refractivity contribution in [3.8, 4) is 0 Å². The smallest absolute Gasteiger partial charge is 0.358 e. The number of carboxylic acids is 1. The average Bonchev–Trinajstić information content (AvgIpc) is 2.87. The molecule has 8 heteroatoms. The molecule has 0 aliphatic carbocycles. The number of nitrogens with zero attached hydrogens (tertiary/aromatic N) is 3. The monoisotopic (exact) mass is 283 g/mol. The summed E-state index contributed by atoms with van der Waals surface area (Å²) in [5.74, 6) is -1.12. The third kappa shape index (κ3) is 6.28. The van der Waals surface area contributed by atoms with Gasteiger partial charge >= 0.3 is 5.97 Å². The zero-order valence-corrected chi connectivity index (χ0v) is 11.4. The molecule has 0 aromatic carbocycles. The van der Waals surface area contributed by atoms with Crippen molar-refractivity contribution in [1.82, 2.24) is 20.3 Å². The average molecular weight is 283 g/mol. The molecule has 0 aliphatic heterocycles. The first kappa shape index (κ1) is 16.1. The molecule has 0 fully saturated rings. The van der Waals surface area contributed by atoms with Gasteiger partial charge in [0.2, 0.25) is 5.91 Å². The Balaban J connectivity index is 2.10. The predicted octanol–water partition coefficient (Wildman–Crippen LogP) is 0.00170. The van der Waals surface area contributed by atoms with Gasteiger partial charge in [-0.3, -0.25) is 4.79 Å². The molecule has 0 bridgehead atoms. The first-order valence-corrected chi connectivity index (χ1v) is 6.73. The fourth-order valence-electron chi connectivity index (χ4n) is 1.69. The minimum atomic E-state index is -1.11. The van der Waals surface area contributed by atoms with E-state index in [0.717, 1.165) is 25.7 Å². The van der Waals surface area contributed by atoms with Crippen LogP contribution in [-0.4, -0.2) is 45.1 Å². The first-order valence-electron chi connectivity index (χ1n) is 6.73. The van der Waals surface area contributed by atoms with Crippen LogP contribution in [0, 0.1) is 0 Å². The lowest BCUT2D eigenvalue weighted by Crippen LogP contribution is -2.27. The minimum Gasteiger partial charge on any atom is -0.476 e. The molecule has 112 valence electrons. The molecule has 1 aromatic rings. The maximum absolute atomic E-state index is 11.5. The second-order valence-corrected chi connectivity index (χ2v) is 4.47. The summed E-state index contributed by atoms with van der Waals surface area (Å²) < 4.78 is 1.39. The first-order chi connectivity index (χ1) is 9.63. The Morgan fingerprint density at radius 1 is 1.30 bits per heavy atom. The lowest BCUT2D eigenvalue weighted by Gasteiger charge is -2.04. The minimum absolute atomic E-state index is 0.00341. The number of amides is 1. The number of carbonyl (C=O) groups excluding carboxylic acids is 1. The van der Waals surface area contributed by atoms with Gasteiger partial charge in [0.15, 0.2) is 5.69 Å². The number of nitrogens with one attached hydrogen (secondary N) is 1. The second kappa shape index (κ2) is 9.03. The van der Waals surface area contributed by atoms with Gasteiger partial charge in [-0.15, -0.1) is 5.10 Å². The van der Waals surface area contributed by atoms with E-state index in [4.69, 9.17) is 10.8 Å².